The van der Waals surface area contributed by atoms with Crippen molar-refractivity contribution in [2.24, 2.45) is 0 Å². The summed E-state index contributed by atoms with van der Waals surface area (Å²) in [5, 5.41) is 2.61. The van der Waals surface area contributed by atoms with E-state index in [1.807, 2.05) is 11.3 Å². The van der Waals surface area contributed by atoms with Gasteiger partial charge in [-0.1, -0.05) is 166 Å². The molecule has 10 rings (SSSR count). The molecule has 9 aromatic rings. The van der Waals surface area contributed by atoms with Crippen molar-refractivity contribution in [3.05, 3.63) is 199 Å². The van der Waals surface area contributed by atoms with Crippen LogP contribution in [-0.2, 0) is 5.41 Å². The van der Waals surface area contributed by atoms with Gasteiger partial charge in [-0.05, 0) is 86.5 Å². The molecule has 0 atom stereocenters. The first kappa shape index (κ1) is 31.5. The molecule has 1 aliphatic carbocycles. The van der Waals surface area contributed by atoms with E-state index in [1.165, 1.54) is 81.5 Å². The second-order valence-corrected chi connectivity index (χ2v) is 15.6. The van der Waals surface area contributed by atoms with Gasteiger partial charge in [0, 0.05) is 37.8 Å². The summed E-state index contributed by atoms with van der Waals surface area (Å²) in [5.74, 6) is 0. The first-order valence-corrected chi connectivity index (χ1v) is 19.2. The van der Waals surface area contributed by atoms with Crippen LogP contribution in [0.2, 0.25) is 0 Å². The Morgan fingerprint density at radius 1 is 0.396 bits per heavy atom. The molecule has 0 saturated heterocycles. The van der Waals surface area contributed by atoms with Crippen molar-refractivity contribution in [1.29, 1.82) is 0 Å². The second kappa shape index (κ2) is 12.5. The van der Waals surface area contributed by atoms with E-state index in [0.717, 1.165) is 11.4 Å². The minimum atomic E-state index is -0.0443. The molecule has 8 aromatic carbocycles. The molecular formula is C51H37NS. The fraction of sp³-hybridized carbons (Fsp3) is 0.0588. The fourth-order valence-corrected chi connectivity index (χ4v) is 9.76. The third kappa shape index (κ3) is 5.21. The standard InChI is InChI=1S/C51H37NS/c1-51(2)45-23-13-12-21-44(45)48-46(51)30-29-43-42-22-14-24-47(49(42)53-50(43)48)52(40-27-25-37(26-28-40)34-15-6-3-7-16-34)41-32-38(35-17-8-4-9-18-35)31-39(33-41)36-19-10-5-11-20-36/h3-33H,1-2H3. The lowest BCUT2D eigenvalue weighted by Gasteiger charge is -2.27. The first-order valence-electron chi connectivity index (χ1n) is 18.3. The first-order chi connectivity index (χ1) is 26.0. The van der Waals surface area contributed by atoms with Crippen LogP contribution < -0.4 is 4.90 Å². The smallest absolute Gasteiger partial charge is 0.0640 e. The van der Waals surface area contributed by atoms with Gasteiger partial charge in [0.2, 0.25) is 0 Å². The van der Waals surface area contributed by atoms with Gasteiger partial charge in [-0.15, -0.1) is 11.3 Å². The summed E-state index contributed by atoms with van der Waals surface area (Å²) in [6, 6.07) is 68.9. The van der Waals surface area contributed by atoms with E-state index in [2.05, 4.69) is 207 Å². The maximum absolute atomic E-state index is 2.48. The van der Waals surface area contributed by atoms with Crippen molar-refractivity contribution in [2.75, 3.05) is 4.90 Å². The highest BCUT2D eigenvalue weighted by atomic mass is 32.1. The Labute approximate surface area is 315 Å². The highest BCUT2D eigenvalue weighted by molar-refractivity contribution is 7.27. The van der Waals surface area contributed by atoms with Crippen LogP contribution in [0.25, 0.3) is 64.7 Å². The minimum Gasteiger partial charge on any atom is -0.309 e. The third-order valence-electron chi connectivity index (χ3n) is 11.1. The average Bonchev–Trinajstić information content (AvgIpc) is 3.72. The van der Waals surface area contributed by atoms with Crippen LogP contribution in [0.4, 0.5) is 17.1 Å². The van der Waals surface area contributed by atoms with Crippen LogP contribution >= 0.6 is 11.3 Å². The molecule has 0 bridgehead atoms. The predicted molar refractivity (Wildman–Crippen MR) is 228 cm³/mol. The Morgan fingerprint density at radius 3 is 1.58 bits per heavy atom. The van der Waals surface area contributed by atoms with Gasteiger partial charge >= 0.3 is 0 Å². The molecule has 0 saturated carbocycles. The largest absolute Gasteiger partial charge is 0.309 e. The molecular weight excluding hydrogens is 659 g/mol. The molecule has 0 unspecified atom stereocenters. The minimum absolute atomic E-state index is 0.0443. The highest BCUT2D eigenvalue weighted by Crippen LogP contribution is 2.55. The lowest BCUT2D eigenvalue weighted by atomic mass is 9.82. The van der Waals surface area contributed by atoms with E-state index in [4.69, 9.17) is 0 Å². The lowest BCUT2D eigenvalue weighted by Crippen LogP contribution is -2.14. The number of anilines is 3. The SMILES string of the molecule is CC1(C)c2ccccc2-c2c1ccc1c2sc2c(N(c3ccc(-c4ccccc4)cc3)c3cc(-c4ccccc4)cc(-c4ccccc4)c3)cccc21. The number of fused-ring (bicyclic) bond motifs is 7. The second-order valence-electron chi connectivity index (χ2n) is 14.5. The Bertz CT molecular complexity index is 2720. The van der Waals surface area contributed by atoms with Gasteiger partial charge in [-0.25, -0.2) is 0 Å². The van der Waals surface area contributed by atoms with Crippen LogP contribution in [0.3, 0.4) is 0 Å². The van der Waals surface area contributed by atoms with E-state index in [1.54, 1.807) is 0 Å². The summed E-state index contributed by atoms with van der Waals surface area (Å²) < 4.78 is 2.65. The number of rotatable bonds is 6. The summed E-state index contributed by atoms with van der Waals surface area (Å²) in [7, 11) is 0. The Balaban J connectivity index is 1.24. The van der Waals surface area contributed by atoms with Gasteiger partial charge in [0.25, 0.3) is 0 Å². The summed E-state index contributed by atoms with van der Waals surface area (Å²) in [6.45, 7) is 4.74. The number of nitrogens with zero attached hydrogens (tertiary/aromatic N) is 1. The van der Waals surface area contributed by atoms with E-state index >= 15 is 0 Å². The molecule has 1 aromatic heterocycles. The van der Waals surface area contributed by atoms with Crippen LogP contribution in [0.5, 0.6) is 0 Å². The van der Waals surface area contributed by atoms with Gasteiger partial charge in [0.1, 0.15) is 0 Å². The predicted octanol–water partition coefficient (Wildman–Crippen LogP) is 14.8. The third-order valence-corrected chi connectivity index (χ3v) is 12.3. The maximum Gasteiger partial charge on any atom is 0.0640 e. The topological polar surface area (TPSA) is 3.24 Å². The normalized spacial score (nSPS) is 12.9. The monoisotopic (exact) mass is 695 g/mol. The zero-order valence-corrected chi connectivity index (χ0v) is 30.6. The van der Waals surface area contributed by atoms with Gasteiger partial charge < -0.3 is 4.90 Å². The molecule has 0 spiro atoms. The van der Waals surface area contributed by atoms with Crippen molar-refractivity contribution >= 4 is 48.6 Å². The number of thiophene rings is 1. The Hall–Kier alpha value is -6.22. The molecule has 53 heavy (non-hydrogen) atoms. The molecule has 1 aliphatic rings. The van der Waals surface area contributed by atoms with Crippen molar-refractivity contribution < 1.29 is 0 Å². The van der Waals surface area contributed by atoms with Crippen molar-refractivity contribution in [3.63, 3.8) is 0 Å². The van der Waals surface area contributed by atoms with Crippen LogP contribution in [-0.4, -0.2) is 0 Å². The van der Waals surface area contributed by atoms with E-state index in [9.17, 15) is 0 Å². The molecule has 0 N–H and O–H groups in total. The number of hydrogen-bond acceptors (Lipinski definition) is 2. The summed E-state index contributed by atoms with van der Waals surface area (Å²) in [5.41, 5.74) is 16.1. The molecule has 2 heteroatoms. The van der Waals surface area contributed by atoms with Crippen LogP contribution in [0.15, 0.2) is 188 Å². The Morgan fingerprint density at radius 2 is 0.943 bits per heavy atom. The van der Waals surface area contributed by atoms with Crippen molar-refractivity contribution in [3.8, 4) is 44.5 Å². The average molecular weight is 696 g/mol. The van der Waals surface area contributed by atoms with E-state index in [-0.39, 0.29) is 5.41 Å². The molecule has 252 valence electrons. The van der Waals surface area contributed by atoms with E-state index < -0.39 is 0 Å². The molecule has 0 amide bonds. The number of hydrogen-bond donors (Lipinski definition) is 0. The van der Waals surface area contributed by atoms with Crippen molar-refractivity contribution in [2.45, 2.75) is 19.3 Å². The maximum atomic E-state index is 2.48. The van der Waals surface area contributed by atoms with Crippen molar-refractivity contribution in [1.82, 2.24) is 0 Å². The zero-order chi connectivity index (χ0) is 35.5. The highest BCUT2D eigenvalue weighted by Gasteiger charge is 2.37. The van der Waals surface area contributed by atoms with E-state index in [0.29, 0.717) is 0 Å². The molecule has 0 aliphatic heterocycles. The molecule has 1 nitrogen and oxygen atoms in total. The van der Waals surface area contributed by atoms with Gasteiger partial charge in [0.15, 0.2) is 0 Å². The number of benzene rings is 8. The summed E-state index contributed by atoms with van der Waals surface area (Å²) >= 11 is 1.94. The van der Waals surface area contributed by atoms with Crippen LogP contribution in [0.1, 0.15) is 25.0 Å². The zero-order valence-electron chi connectivity index (χ0n) is 29.8. The van der Waals surface area contributed by atoms with Crippen LogP contribution in [0, 0.1) is 0 Å². The summed E-state index contributed by atoms with van der Waals surface area (Å²) in [4.78, 5) is 2.48. The van der Waals surface area contributed by atoms with Gasteiger partial charge in [0.05, 0.1) is 10.4 Å². The summed E-state index contributed by atoms with van der Waals surface area (Å²) in [6.07, 6.45) is 0. The lowest BCUT2D eigenvalue weighted by molar-refractivity contribution is 0.661. The quantitative estimate of drug-likeness (QED) is 0.167. The van der Waals surface area contributed by atoms with Gasteiger partial charge in [-0.3, -0.25) is 0 Å². The fourth-order valence-electron chi connectivity index (χ4n) is 8.40. The molecule has 0 fully saturated rings. The molecule has 0 radical (unpaired) electrons. The van der Waals surface area contributed by atoms with Gasteiger partial charge in [-0.2, -0.15) is 0 Å². The Kier molecular flexibility index (Phi) is 7.42. The molecule has 1 heterocycles.